The molecule has 122 valence electrons. The summed E-state index contributed by atoms with van der Waals surface area (Å²) in [7, 11) is -1.58. The third kappa shape index (κ3) is 3.24. The standard InChI is InChI=1S/C22H29P/c1-22(2,3)18-15-16-21(17-18)23(4,19-11-7-5-8-12-19)20-13-9-6-10-14-20/h5-14,18,21H,4,15-17H2,1-3H3. The SMILES string of the molecule is [CH2-][P+](c1ccccc1)(c1ccccc1)C1CCC(C(C)(C)C)C1. The fraction of sp³-hybridized carbons (Fsp3) is 0.409. The average Bonchev–Trinajstić information content (AvgIpc) is 3.06. The van der Waals surface area contributed by atoms with Crippen molar-refractivity contribution in [3.8, 4) is 0 Å². The predicted octanol–water partition coefficient (Wildman–Crippen LogP) is 5.66. The maximum atomic E-state index is 4.92. The molecule has 1 heteroatoms. The molecule has 23 heavy (non-hydrogen) atoms. The minimum absolute atomic E-state index is 0.410. The van der Waals surface area contributed by atoms with E-state index in [-0.39, 0.29) is 0 Å². The first kappa shape index (κ1) is 16.7. The van der Waals surface area contributed by atoms with Gasteiger partial charge in [0.2, 0.25) is 0 Å². The zero-order valence-electron chi connectivity index (χ0n) is 14.7. The summed E-state index contributed by atoms with van der Waals surface area (Å²) in [5.74, 6) is 0.820. The van der Waals surface area contributed by atoms with Crippen molar-refractivity contribution in [2.24, 2.45) is 11.3 Å². The highest BCUT2D eigenvalue weighted by molar-refractivity contribution is 7.91. The molecule has 0 saturated heterocycles. The van der Waals surface area contributed by atoms with Gasteiger partial charge in [-0.05, 0) is 54.9 Å². The molecule has 0 N–H and O–H groups in total. The van der Waals surface area contributed by atoms with E-state index in [1.807, 2.05) is 0 Å². The van der Waals surface area contributed by atoms with Crippen molar-refractivity contribution in [2.45, 2.75) is 45.7 Å². The number of rotatable bonds is 3. The van der Waals surface area contributed by atoms with Gasteiger partial charge in [0.05, 0.1) is 16.3 Å². The fourth-order valence-corrected chi connectivity index (χ4v) is 7.86. The van der Waals surface area contributed by atoms with Crippen LogP contribution in [0.4, 0.5) is 0 Å². The molecule has 0 aromatic heterocycles. The van der Waals surface area contributed by atoms with E-state index in [1.54, 1.807) is 0 Å². The second kappa shape index (κ2) is 6.40. The van der Waals surface area contributed by atoms with E-state index >= 15 is 0 Å². The van der Waals surface area contributed by atoms with Crippen molar-refractivity contribution >= 4 is 17.9 Å². The average molecular weight is 324 g/mol. The predicted molar refractivity (Wildman–Crippen MR) is 105 cm³/mol. The van der Waals surface area contributed by atoms with Gasteiger partial charge in [-0.2, -0.15) is 6.66 Å². The van der Waals surface area contributed by atoms with Gasteiger partial charge in [-0.3, -0.25) is 0 Å². The van der Waals surface area contributed by atoms with Crippen LogP contribution in [0.3, 0.4) is 0 Å². The number of benzene rings is 2. The Labute approximate surface area is 142 Å². The van der Waals surface area contributed by atoms with Crippen LogP contribution in [0.1, 0.15) is 40.0 Å². The van der Waals surface area contributed by atoms with Crippen molar-refractivity contribution in [1.29, 1.82) is 0 Å². The van der Waals surface area contributed by atoms with Crippen molar-refractivity contribution in [3.63, 3.8) is 0 Å². The first-order chi connectivity index (χ1) is 10.9. The van der Waals surface area contributed by atoms with Crippen molar-refractivity contribution < 1.29 is 0 Å². The van der Waals surface area contributed by atoms with Gasteiger partial charge in [0.15, 0.2) is 0 Å². The molecule has 0 spiro atoms. The van der Waals surface area contributed by atoms with Gasteiger partial charge >= 0.3 is 0 Å². The monoisotopic (exact) mass is 324 g/mol. The summed E-state index contributed by atoms with van der Waals surface area (Å²) in [6.45, 7) is 12.1. The van der Waals surface area contributed by atoms with Gasteiger partial charge in [0.1, 0.15) is 0 Å². The zero-order chi connectivity index (χ0) is 16.5. The quantitative estimate of drug-likeness (QED) is 0.505. The van der Waals surface area contributed by atoms with E-state index in [9.17, 15) is 0 Å². The molecule has 3 rings (SSSR count). The molecule has 2 unspecified atom stereocenters. The second-order valence-corrected chi connectivity index (χ2v) is 11.6. The molecule has 1 fully saturated rings. The lowest BCUT2D eigenvalue weighted by Crippen LogP contribution is -2.29. The topological polar surface area (TPSA) is 0 Å². The maximum absolute atomic E-state index is 4.92. The Morgan fingerprint density at radius 1 is 0.826 bits per heavy atom. The first-order valence-corrected chi connectivity index (χ1v) is 10.8. The highest BCUT2D eigenvalue weighted by Gasteiger charge is 2.45. The summed E-state index contributed by atoms with van der Waals surface area (Å²) in [6.07, 6.45) is 4.00. The normalized spacial score (nSPS) is 22.3. The van der Waals surface area contributed by atoms with E-state index < -0.39 is 7.26 Å². The van der Waals surface area contributed by atoms with Gasteiger partial charge in [-0.15, -0.1) is 0 Å². The van der Waals surface area contributed by atoms with E-state index in [1.165, 1.54) is 29.9 Å². The van der Waals surface area contributed by atoms with Crippen LogP contribution in [0.2, 0.25) is 0 Å². The second-order valence-electron chi connectivity index (χ2n) is 8.07. The molecular formula is C22H29P. The Bertz CT molecular complexity index is 585. The Morgan fingerprint density at radius 2 is 1.30 bits per heavy atom. The summed E-state index contributed by atoms with van der Waals surface area (Å²) in [5, 5.41) is 2.93. The van der Waals surface area contributed by atoms with Crippen LogP contribution in [0.5, 0.6) is 0 Å². The molecule has 0 radical (unpaired) electrons. The lowest BCUT2D eigenvalue weighted by molar-refractivity contribution is 0.246. The van der Waals surface area contributed by atoms with Crippen LogP contribution in [0.25, 0.3) is 0 Å². The molecule has 1 aliphatic carbocycles. The summed E-state index contributed by atoms with van der Waals surface area (Å²) in [6, 6.07) is 22.1. The maximum Gasteiger partial charge on any atom is 0.0699 e. The molecule has 2 atom stereocenters. The van der Waals surface area contributed by atoms with Gasteiger partial charge in [-0.1, -0.05) is 64.4 Å². The van der Waals surface area contributed by atoms with Gasteiger partial charge < -0.3 is 0 Å². The summed E-state index contributed by atoms with van der Waals surface area (Å²) >= 11 is 0. The highest BCUT2D eigenvalue weighted by Crippen LogP contribution is 2.65. The minimum Gasteiger partial charge on any atom is -0.170 e. The van der Waals surface area contributed by atoms with Crippen LogP contribution in [-0.4, -0.2) is 5.66 Å². The third-order valence-electron chi connectivity index (χ3n) is 5.69. The first-order valence-electron chi connectivity index (χ1n) is 8.76. The molecule has 1 aliphatic rings. The molecule has 0 aliphatic heterocycles. The molecule has 0 bridgehead atoms. The molecule has 1 saturated carbocycles. The van der Waals surface area contributed by atoms with Crippen molar-refractivity contribution in [2.75, 3.05) is 0 Å². The molecule has 0 amide bonds. The van der Waals surface area contributed by atoms with E-state index in [0.717, 1.165) is 11.6 Å². The number of hydrogen-bond acceptors (Lipinski definition) is 0. The third-order valence-corrected chi connectivity index (χ3v) is 9.84. The number of hydrogen-bond donors (Lipinski definition) is 0. The Kier molecular flexibility index (Phi) is 4.65. The van der Waals surface area contributed by atoms with Gasteiger partial charge in [0.25, 0.3) is 0 Å². The van der Waals surface area contributed by atoms with Gasteiger partial charge in [-0.25, -0.2) is 0 Å². The van der Waals surface area contributed by atoms with E-state index in [2.05, 4.69) is 81.4 Å². The van der Waals surface area contributed by atoms with Crippen LogP contribution in [0, 0.1) is 18.0 Å². The smallest absolute Gasteiger partial charge is 0.0699 e. The Balaban J connectivity index is 2.01. The lowest BCUT2D eigenvalue weighted by Gasteiger charge is -2.37. The largest absolute Gasteiger partial charge is 0.170 e. The fourth-order valence-electron chi connectivity index (χ4n) is 4.10. The lowest BCUT2D eigenvalue weighted by atomic mass is 9.80. The van der Waals surface area contributed by atoms with E-state index in [0.29, 0.717) is 5.41 Å². The molecular weight excluding hydrogens is 295 g/mol. The molecule has 2 aromatic rings. The van der Waals surface area contributed by atoms with E-state index in [4.69, 9.17) is 6.66 Å². The Morgan fingerprint density at radius 3 is 1.70 bits per heavy atom. The minimum atomic E-state index is -1.58. The molecule has 2 aromatic carbocycles. The van der Waals surface area contributed by atoms with Crippen LogP contribution in [0.15, 0.2) is 60.7 Å². The van der Waals surface area contributed by atoms with Crippen LogP contribution in [-0.2, 0) is 0 Å². The summed E-state index contributed by atoms with van der Waals surface area (Å²) in [4.78, 5) is 0. The highest BCUT2D eigenvalue weighted by atomic mass is 31.2. The summed E-state index contributed by atoms with van der Waals surface area (Å²) in [5.41, 5.74) is 1.13. The van der Waals surface area contributed by atoms with Gasteiger partial charge in [0, 0.05) is 0 Å². The summed E-state index contributed by atoms with van der Waals surface area (Å²) < 4.78 is 0. The Hall–Kier alpha value is -1.13. The van der Waals surface area contributed by atoms with Crippen molar-refractivity contribution in [1.82, 2.24) is 0 Å². The molecule has 0 heterocycles. The van der Waals surface area contributed by atoms with Crippen LogP contribution >= 0.6 is 7.26 Å². The van der Waals surface area contributed by atoms with Crippen molar-refractivity contribution in [3.05, 3.63) is 67.3 Å². The molecule has 0 nitrogen and oxygen atoms in total. The van der Waals surface area contributed by atoms with Crippen LogP contribution < -0.4 is 10.6 Å². The zero-order valence-corrected chi connectivity index (χ0v) is 15.6.